The van der Waals surface area contributed by atoms with Crippen molar-refractivity contribution in [1.82, 2.24) is 0 Å². The molecule has 0 radical (unpaired) electrons. The molecule has 41 heavy (non-hydrogen) atoms. The second-order valence-corrected chi connectivity index (χ2v) is 15.9. The molecule has 0 aromatic heterocycles. The van der Waals surface area contributed by atoms with Crippen molar-refractivity contribution in [3.8, 4) is 0 Å². The normalized spacial score (nSPS) is 17.7. The SMILES string of the molecule is Fc1cc(F)[c]([Ti]([C]2=CC=CC2)([C]2=CC=CC2)[c]2c(F)cc(F)c(N3C=CC=CC3)c2F)c(F)c1N1C=CC=CC1. The molecule has 2 heterocycles. The van der Waals surface area contributed by atoms with Gasteiger partial charge in [0.2, 0.25) is 0 Å². The maximum absolute atomic E-state index is 16.9. The van der Waals surface area contributed by atoms with E-state index in [1.807, 2.05) is 0 Å². The number of allylic oxidation sites excluding steroid dienone is 12. The number of anilines is 2. The summed E-state index contributed by atoms with van der Waals surface area (Å²) in [5, 5.41) is 0. The van der Waals surface area contributed by atoms with Gasteiger partial charge < -0.3 is 0 Å². The Balaban J connectivity index is 1.73. The van der Waals surface area contributed by atoms with E-state index in [2.05, 4.69) is 0 Å². The molecule has 2 nitrogen and oxygen atoms in total. The second kappa shape index (κ2) is 10.9. The molecule has 208 valence electrons. The number of benzene rings is 2. The van der Waals surface area contributed by atoms with Gasteiger partial charge in [0.25, 0.3) is 0 Å². The molecule has 0 N–H and O–H groups in total. The Hall–Kier alpha value is -3.75. The summed E-state index contributed by atoms with van der Waals surface area (Å²) < 4.78 is 96.6. The van der Waals surface area contributed by atoms with Crippen molar-refractivity contribution in [1.29, 1.82) is 0 Å². The van der Waals surface area contributed by atoms with Gasteiger partial charge in [-0.25, -0.2) is 0 Å². The molecule has 2 aromatic rings. The summed E-state index contributed by atoms with van der Waals surface area (Å²) >= 11 is -5.26. The fraction of sp³-hybridized carbons (Fsp3) is 0.125. The van der Waals surface area contributed by atoms with Crippen LogP contribution < -0.4 is 17.5 Å². The van der Waals surface area contributed by atoms with Crippen LogP contribution in [-0.2, 0) is 16.6 Å². The second-order valence-electron chi connectivity index (χ2n) is 10.00. The molecule has 4 aliphatic rings. The molecular formula is C32H24F6N2Ti. The van der Waals surface area contributed by atoms with Crippen molar-refractivity contribution < 1.29 is 42.9 Å². The van der Waals surface area contributed by atoms with E-state index in [0.717, 1.165) is 0 Å². The fourth-order valence-corrected chi connectivity index (χ4v) is 14.3. The van der Waals surface area contributed by atoms with Crippen LogP contribution in [0.5, 0.6) is 0 Å². The topological polar surface area (TPSA) is 6.48 Å². The molecule has 0 bridgehead atoms. The minimum atomic E-state index is -5.26. The van der Waals surface area contributed by atoms with Crippen LogP contribution in [0.3, 0.4) is 0 Å². The van der Waals surface area contributed by atoms with Crippen LogP contribution in [0.4, 0.5) is 37.7 Å². The van der Waals surface area contributed by atoms with Crippen LogP contribution in [0.15, 0.2) is 105 Å². The molecule has 2 aliphatic carbocycles. The molecule has 6 rings (SSSR count). The third kappa shape index (κ3) is 4.41. The summed E-state index contributed by atoms with van der Waals surface area (Å²) in [6.45, 7) is 0.226. The summed E-state index contributed by atoms with van der Waals surface area (Å²) in [6, 6.07) is 1.17. The first-order chi connectivity index (χ1) is 19.9. The standard InChI is InChI=1S/2C11H7F3N.2C5H5.Ti/c2*12-8-6-9(13)11(10(14)7-8)15-4-2-1-3-5-15;2*1-2-4-5-3-1;/h2*1-4,6H,5H2;2*1-3H,4H2;. The van der Waals surface area contributed by atoms with Gasteiger partial charge in [-0.2, -0.15) is 0 Å². The monoisotopic (exact) mass is 598 g/mol. The van der Waals surface area contributed by atoms with E-state index >= 15 is 26.3 Å². The van der Waals surface area contributed by atoms with Gasteiger partial charge in [0, 0.05) is 0 Å². The molecule has 0 atom stereocenters. The molecule has 0 spiro atoms. The minimum absolute atomic E-state index is 0.113. The van der Waals surface area contributed by atoms with Gasteiger partial charge in [0.1, 0.15) is 0 Å². The molecule has 2 aromatic carbocycles. The molecular weight excluding hydrogens is 574 g/mol. The van der Waals surface area contributed by atoms with Crippen LogP contribution in [0.1, 0.15) is 12.8 Å². The summed E-state index contributed by atoms with van der Waals surface area (Å²) in [6.07, 6.45) is 23.3. The van der Waals surface area contributed by atoms with Crippen LogP contribution in [0.25, 0.3) is 0 Å². The molecule has 9 heteroatoms. The Morgan fingerprint density at radius 1 is 0.512 bits per heavy atom. The van der Waals surface area contributed by atoms with Gasteiger partial charge in [-0.1, -0.05) is 0 Å². The van der Waals surface area contributed by atoms with Crippen LogP contribution in [0.2, 0.25) is 0 Å². The third-order valence-corrected chi connectivity index (χ3v) is 15.7. The number of halogens is 6. The fourth-order valence-electron chi connectivity index (χ4n) is 6.06. The van der Waals surface area contributed by atoms with Crippen molar-refractivity contribution in [2.24, 2.45) is 0 Å². The van der Waals surface area contributed by atoms with Crippen LogP contribution >= 0.6 is 0 Å². The summed E-state index contributed by atoms with van der Waals surface area (Å²) in [5.41, 5.74) is -1.02. The zero-order valence-corrected chi connectivity index (χ0v) is 23.3. The van der Waals surface area contributed by atoms with E-state index in [1.54, 1.807) is 72.9 Å². The first-order valence-corrected chi connectivity index (χ1v) is 16.3. The first kappa shape index (κ1) is 27.4. The zero-order valence-electron chi connectivity index (χ0n) is 21.7. The quantitative estimate of drug-likeness (QED) is 0.259. The number of hydrogen-bond acceptors (Lipinski definition) is 2. The van der Waals surface area contributed by atoms with E-state index < -0.39 is 70.6 Å². The van der Waals surface area contributed by atoms with E-state index in [4.69, 9.17) is 0 Å². The summed E-state index contributed by atoms with van der Waals surface area (Å²) in [5.74, 6) is -7.16. The summed E-state index contributed by atoms with van der Waals surface area (Å²) in [7, 11) is 0. The molecule has 0 unspecified atom stereocenters. The Labute approximate surface area is 237 Å². The summed E-state index contributed by atoms with van der Waals surface area (Å²) in [4.78, 5) is 2.58. The van der Waals surface area contributed by atoms with E-state index in [-0.39, 0.29) is 25.9 Å². The number of hydrogen-bond donors (Lipinski definition) is 0. The Morgan fingerprint density at radius 2 is 0.951 bits per heavy atom. The average Bonchev–Trinajstić information content (AvgIpc) is 3.68. The van der Waals surface area contributed by atoms with Gasteiger partial charge >= 0.3 is 238 Å². The van der Waals surface area contributed by atoms with Crippen molar-refractivity contribution in [3.05, 3.63) is 140 Å². The molecule has 0 saturated heterocycles. The Bertz CT molecular complexity index is 1550. The van der Waals surface area contributed by atoms with Crippen molar-refractivity contribution >= 4 is 19.1 Å². The Morgan fingerprint density at radius 3 is 1.29 bits per heavy atom. The maximum atomic E-state index is 16.9. The van der Waals surface area contributed by atoms with Gasteiger partial charge in [0.05, 0.1) is 0 Å². The zero-order chi connectivity index (χ0) is 28.7. The number of rotatable bonds is 6. The van der Waals surface area contributed by atoms with Gasteiger partial charge in [0.15, 0.2) is 0 Å². The average molecular weight is 598 g/mol. The van der Waals surface area contributed by atoms with E-state index in [9.17, 15) is 0 Å². The molecule has 0 saturated carbocycles. The van der Waals surface area contributed by atoms with Gasteiger partial charge in [-0.15, -0.1) is 0 Å². The third-order valence-electron chi connectivity index (χ3n) is 7.75. The Kier molecular flexibility index (Phi) is 7.30. The van der Waals surface area contributed by atoms with Crippen LogP contribution in [0, 0.1) is 34.9 Å². The van der Waals surface area contributed by atoms with Crippen LogP contribution in [-0.4, -0.2) is 13.1 Å². The van der Waals surface area contributed by atoms with E-state index in [1.165, 1.54) is 22.2 Å². The van der Waals surface area contributed by atoms with Gasteiger partial charge in [-0.3, -0.25) is 0 Å². The molecule has 2 aliphatic heterocycles. The van der Waals surface area contributed by atoms with E-state index in [0.29, 0.717) is 19.9 Å². The van der Waals surface area contributed by atoms with Gasteiger partial charge in [-0.05, 0) is 0 Å². The van der Waals surface area contributed by atoms with Crippen molar-refractivity contribution in [2.45, 2.75) is 12.8 Å². The predicted molar refractivity (Wildman–Crippen MR) is 147 cm³/mol. The first-order valence-electron chi connectivity index (χ1n) is 13.1. The molecule has 0 fully saturated rings. The van der Waals surface area contributed by atoms with Crippen molar-refractivity contribution in [2.75, 3.05) is 22.9 Å². The predicted octanol–water partition coefficient (Wildman–Crippen LogP) is 7.09. The van der Waals surface area contributed by atoms with Crippen molar-refractivity contribution in [3.63, 3.8) is 0 Å². The number of nitrogens with zero attached hydrogens (tertiary/aromatic N) is 2. The molecule has 0 amide bonds.